The van der Waals surface area contributed by atoms with Crippen molar-refractivity contribution in [3.8, 4) is 0 Å². The smallest absolute Gasteiger partial charge is 0.191 e. The molecule has 1 fully saturated rings. The Kier molecular flexibility index (Phi) is 6.75. The molecule has 2 atom stereocenters. The Morgan fingerprint density at radius 1 is 1.48 bits per heavy atom. The molecule has 2 aliphatic heterocycles. The number of hydrogen-bond acceptors (Lipinski definition) is 5. The Labute approximate surface area is 148 Å². The van der Waals surface area contributed by atoms with Crippen molar-refractivity contribution in [1.29, 1.82) is 0 Å². The minimum atomic E-state index is 0. The van der Waals surface area contributed by atoms with Crippen molar-refractivity contribution in [2.45, 2.75) is 25.3 Å². The van der Waals surface area contributed by atoms with E-state index in [-0.39, 0.29) is 24.0 Å². The summed E-state index contributed by atoms with van der Waals surface area (Å²) in [5, 5.41) is 9.06. The van der Waals surface area contributed by atoms with Crippen LogP contribution in [0.4, 0.5) is 0 Å². The quantitative estimate of drug-likeness (QED) is 0.739. The number of piperidine rings is 1. The van der Waals surface area contributed by atoms with Crippen LogP contribution in [0.25, 0.3) is 0 Å². The number of likely N-dealkylation sites (tertiary alicyclic amines) is 1. The lowest BCUT2D eigenvalue weighted by molar-refractivity contribution is 0.125. The molecule has 1 saturated heterocycles. The van der Waals surface area contributed by atoms with E-state index in [0.29, 0.717) is 12.0 Å². The lowest BCUT2D eigenvalue weighted by Crippen LogP contribution is -2.46. The Morgan fingerprint density at radius 3 is 3.10 bits per heavy atom. The molecule has 3 heterocycles. The molecular weight excluding hydrogens is 395 g/mol. The third-order valence-electron chi connectivity index (χ3n) is 4.27. The van der Waals surface area contributed by atoms with E-state index in [0.717, 1.165) is 32.0 Å². The first-order valence-electron chi connectivity index (χ1n) is 7.60. The molecular formula is C15H25IN4S. The lowest BCUT2D eigenvalue weighted by atomic mass is 9.88. The third-order valence-corrected chi connectivity index (χ3v) is 5.21. The van der Waals surface area contributed by atoms with Crippen LogP contribution in [0.15, 0.2) is 22.5 Å². The molecule has 0 radical (unpaired) electrons. The van der Waals surface area contributed by atoms with Gasteiger partial charge in [-0.1, -0.05) is 6.07 Å². The fourth-order valence-electron chi connectivity index (χ4n) is 3.26. The van der Waals surface area contributed by atoms with E-state index in [1.165, 1.54) is 24.3 Å². The number of hydrogen-bond donors (Lipinski definition) is 2. The van der Waals surface area contributed by atoms with E-state index in [1.54, 1.807) is 0 Å². The van der Waals surface area contributed by atoms with Crippen LogP contribution in [0.3, 0.4) is 0 Å². The van der Waals surface area contributed by atoms with Crippen molar-refractivity contribution in [3.63, 3.8) is 0 Å². The molecule has 1 aromatic heterocycles. The highest BCUT2D eigenvalue weighted by Gasteiger charge is 2.31. The van der Waals surface area contributed by atoms with Gasteiger partial charge in [-0.05, 0) is 50.2 Å². The summed E-state index contributed by atoms with van der Waals surface area (Å²) >= 11 is 1.88. The summed E-state index contributed by atoms with van der Waals surface area (Å²) in [4.78, 5) is 8.51. The predicted octanol–water partition coefficient (Wildman–Crippen LogP) is 2.69. The number of guanidine groups is 1. The zero-order chi connectivity index (χ0) is 13.8. The summed E-state index contributed by atoms with van der Waals surface area (Å²) in [7, 11) is 2.26. The third kappa shape index (κ3) is 4.32. The summed E-state index contributed by atoms with van der Waals surface area (Å²) in [6.07, 6.45) is 3.74. The van der Waals surface area contributed by atoms with Gasteiger partial charge in [-0.3, -0.25) is 9.89 Å². The normalized spacial score (nSPS) is 26.4. The molecule has 0 aromatic carbocycles. The van der Waals surface area contributed by atoms with Gasteiger partial charge in [0.25, 0.3) is 0 Å². The molecule has 118 valence electrons. The minimum absolute atomic E-state index is 0. The average molecular weight is 420 g/mol. The van der Waals surface area contributed by atoms with E-state index in [4.69, 9.17) is 0 Å². The van der Waals surface area contributed by atoms with Gasteiger partial charge in [0.1, 0.15) is 0 Å². The molecule has 0 bridgehead atoms. The molecule has 6 heteroatoms. The molecule has 0 amide bonds. The number of halogens is 1. The molecule has 1 aromatic rings. The monoisotopic (exact) mass is 420 g/mol. The number of thiophene rings is 1. The van der Waals surface area contributed by atoms with E-state index < -0.39 is 0 Å². The zero-order valence-corrected chi connectivity index (χ0v) is 15.7. The second-order valence-electron chi connectivity index (χ2n) is 5.73. The van der Waals surface area contributed by atoms with Gasteiger partial charge >= 0.3 is 0 Å². The van der Waals surface area contributed by atoms with E-state index >= 15 is 0 Å². The topological polar surface area (TPSA) is 39.7 Å². The molecule has 21 heavy (non-hydrogen) atoms. The highest BCUT2D eigenvalue weighted by molar-refractivity contribution is 14.0. The first-order chi connectivity index (χ1) is 9.84. The maximum absolute atomic E-state index is 4.50. The van der Waals surface area contributed by atoms with Crippen LogP contribution >= 0.6 is 35.3 Å². The first kappa shape index (κ1) is 17.0. The van der Waals surface area contributed by atoms with Crippen LogP contribution in [0, 0.1) is 5.92 Å². The fourth-order valence-corrected chi connectivity index (χ4v) is 4.24. The maximum atomic E-state index is 4.50. The van der Waals surface area contributed by atoms with Crippen LogP contribution in [0.5, 0.6) is 0 Å². The Balaban J connectivity index is 0.00000161. The van der Waals surface area contributed by atoms with Crippen LogP contribution in [0.2, 0.25) is 0 Å². The van der Waals surface area contributed by atoms with Crippen molar-refractivity contribution < 1.29 is 0 Å². The average Bonchev–Trinajstić information content (AvgIpc) is 3.00. The summed E-state index contributed by atoms with van der Waals surface area (Å²) < 4.78 is 0. The van der Waals surface area contributed by atoms with Gasteiger partial charge in [0.15, 0.2) is 5.96 Å². The largest absolute Gasteiger partial charge is 0.356 e. The van der Waals surface area contributed by atoms with Crippen molar-refractivity contribution in [1.82, 2.24) is 15.5 Å². The van der Waals surface area contributed by atoms with E-state index in [9.17, 15) is 0 Å². The van der Waals surface area contributed by atoms with Gasteiger partial charge in [0, 0.05) is 30.6 Å². The standard InChI is InChI=1S/C15H24N4S.HI/c1-19-9-2-5-12(14(19)13-6-3-10-20-13)11-18-15-16-7-4-8-17-15;/h3,6,10,12,14H,2,4-5,7-9,11H2,1H3,(H2,16,17,18);1H. The molecule has 0 saturated carbocycles. The molecule has 2 unspecified atom stereocenters. The number of nitrogens with zero attached hydrogens (tertiary/aromatic N) is 2. The van der Waals surface area contributed by atoms with Gasteiger partial charge in [0.05, 0.1) is 0 Å². The Hall–Kier alpha value is -0.340. The minimum Gasteiger partial charge on any atom is -0.356 e. The van der Waals surface area contributed by atoms with Gasteiger partial charge in [0.2, 0.25) is 0 Å². The van der Waals surface area contributed by atoms with Crippen molar-refractivity contribution in [2.24, 2.45) is 10.9 Å². The number of rotatable bonds is 3. The molecule has 2 aliphatic rings. The van der Waals surface area contributed by atoms with Crippen molar-refractivity contribution in [2.75, 3.05) is 33.2 Å². The Morgan fingerprint density at radius 2 is 2.38 bits per heavy atom. The van der Waals surface area contributed by atoms with Crippen LogP contribution in [0.1, 0.15) is 30.2 Å². The zero-order valence-electron chi connectivity index (χ0n) is 12.5. The molecule has 0 spiro atoms. The van der Waals surface area contributed by atoms with Crippen molar-refractivity contribution in [3.05, 3.63) is 22.4 Å². The summed E-state index contributed by atoms with van der Waals surface area (Å²) in [6, 6.07) is 5.00. The van der Waals surface area contributed by atoms with Gasteiger partial charge < -0.3 is 10.6 Å². The predicted molar refractivity (Wildman–Crippen MR) is 101 cm³/mol. The van der Waals surface area contributed by atoms with Crippen molar-refractivity contribution >= 4 is 41.3 Å². The summed E-state index contributed by atoms with van der Waals surface area (Å²) in [6.45, 7) is 4.22. The Bertz CT molecular complexity index is 449. The first-order valence-corrected chi connectivity index (χ1v) is 8.48. The molecule has 2 N–H and O–H groups in total. The van der Waals surface area contributed by atoms with Crippen LogP contribution in [-0.4, -0.2) is 44.1 Å². The van der Waals surface area contributed by atoms with E-state index in [2.05, 4.69) is 45.1 Å². The molecule has 3 rings (SSSR count). The highest BCUT2D eigenvalue weighted by atomic mass is 127. The van der Waals surface area contributed by atoms with Gasteiger partial charge in [-0.15, -0.1) is 35.3 Å². The van der Waals surface area contributed by atoms with E-state index in [1.807, 2.05) is 11.3 Å². The number of aliphatic imine (C=N–C) groups is 1. The lowest BCUT2D eigenvalue weighted by Gasteiger charge is -2.39. The highest BCUT2D eigenvalue weighted by Crippen LogP contribution is 2.36. The van der Waals surface area contributed by atoms with Gasteiger partial charge in [-0.2, -0.15) is 0 Å². The SMILES string of the molecule is CN1CCCC(CNC2=NCCCN2)C1c1cccs1.I. The second-order valence-corrected chi connectivity index (χ2v) is 6.71. The summed E-state index contributed by atoms with van der Waals surface area (Å²) in [5.41, 5.74) is 0. The van der Waals surface area contributed by atoms with Crippen LogP contribution in [-0.2, 0) is 0 Å². The summed E-state index contributed by atoms with van der Waals surface area (Å²) in [5.74, 6) is 1.66. The van der Waals surface area contributed by atoms with Gasteiger partial charge in [-0.25, -0.2) is 0 Å². The molecule has 4 nitrogen and oxygen atoms in total. The fraction of sp³-hybridized carbons (Fsp3) is 0.667. The second kappa shape index (κ2) is 8.33. The maximum Gasteiger partial charge on any atom is 0.191 e. The number of nitrogens with one attached hydrogen (secondary N) is 2. The molecule has 0 aliphatic carbocycles. The van der Waals surface area contributed by atoms with Crippen LogP contribution < -0.4 is 10.6 Å².